The molecule has 2 aromatic carbocycles. The van der Waals surface area contributed by atoms with Crippen LogP contribution in [0.2, 0.25) is 0 Å². The lowest BCUT2D eigenvalue weighted by Crippen LogP contribution is -2.37. The van der Waals surface area contributed by atoms with Gasteiger partial charge in [0.15, 0.2) is 5.11 Å². The van der Waals surface area contributed by atoms with Gasteiger partial charge in [-0.1, -0.05) is 0 Å². The molecule has 0 radical (unpaired) electrons. The van der Waals surface area contributed by atoms with Gasteiger partial charge in [-0.2, -0.15) is 0 Å². The van der Waals surface area contributed by atoms with E-state index in [1.54, 1.807) is 25.3 Å². The number of halogens is 1. The van der Waals surface area contributed by atoms with Crippen molar-refractivity contribution in [3.63, 3.8) is 0 Å². The summed E-state index contributed by atoms with van der Waals surface area (Å²) in [6, 6.07) is 13.8. The van der Waals surface area contributed by atoms with Crippen molar-refractivity contribution >= 4 is 50.5 Å². The van der Waals surface area contributed by atoms with Crippen LogP contribution in [0.25, 0.3) is 0 Å². The van der Waals surface area contributed by atoms with Crippen molar-refractivity contribution in [3.8, 4) is 5.75 Å². The van der Waals surface area contributed by atoms with Crippen LogP contribution in [-0.2, 0) is 0 Å². The topological polar surface area (TPSA) is 53.6 Å². The third-order valence-corrected chi connectivity index (χ3v) is 5.72. The van der Waals surface area contributed by atoms with E-state index in [4.69, 9.17) is 17.0 Å². The number of thiocarbonyl (C=S) groups is 1. The van der Waals surface area contributed by atoms with E-state index in [1.807, 2.05) is 12.1 Å². The Labute approximate surface area is 179 Å². The third-order valence-electron chi connectivity index (χ3n) is 4.90. The lowest BCUT2D eigenvalue weighted by atomic mass is 10.0. The monoisotopic (exact) mass is 461 g/mol. The smallest absolute Gasteiger partial charge is 0.257 e. The van der Waals surface area contributed by atoms with E-state index in [2.05, 4.69) is 50.5 Å². The second-order valence-electron chi connectivity index (χ2n) is 6.84. The predicted molar refractivity (Wildman–Crippen MR) is 121 cm³/mol. The van der Waals surface area contributed by atoms with Crippen LogP contribution in [0.4, 0.5) is 11.4 Å². The van der Waals surface area contributed by atoms with Crippen molar-refractivity contribution in [2.24, 2.45) is 0 Å². The van der Waals surface area contributed by atoms with Crippen LogP contribution in [0.1, 0.15) is 36.5 Å². The molecule has 0 aliphatic carbocycles. The Morgan fingerprint density at radius 1 is 1.21 bits per heavy atom. The fraction of sp³-hybridized carbons (Fsp3) is 0.333. The highest BCUT2D eigenvalue weighted by molar-refractivity contribution is 9.10. The molecule has 1 aliphatic heterocycles. The highest BCUT2D eigenvalue weighted by Crippen LogP contribution is 2.26. The van der Waals surface area contributed by atoms with Gasteiger partial charge in [-0.15, -0.1) is 0 Å². The largest absolute Gasteiger partial charge is 0.496 e. The first-order valence-electron chi connectivity index (χ1n) is 9.30. The number of hydrogen-bond donors (Lipinski definition) is 2. The van der Waals surface area contributed by atoms with E-state index in [1.165, 1.54) is 24.9 Å². The molecule has 0 bridgehead atoms. The molecule has 1 amide bonds. The molecule has 1 unspecified atom stereocenters. The summed E-state index contributed by atoms with van der Waals surface area (Å²) < 4.78 is 5.89. The summed E-state index contributed by atoms with van der Waals surface area (Å²) in [6.07, 6.45) is 3.77. The highest BCUT2D eigenvalue weighted by atomic mass is 79.9. The normalized spacial score (nSPS) is 16.4. The van der Waals surface area contributed by atoms with Gasteiger partial charge >= 0.3 is 0 Å². The first-order chi connectivity index (χ1) is 13.5. The molecule has 1 saturated heterocycles. The van der Waals surface area contributed by atoms with Gasteiger partial charge in [-0.3, -0.25) is 10.1 Å². The molecular weight excluding hydrogens is 438 g/mol. The maximum atomic E-state index is 12.4. The maximum Gasteiger partial charge on any atom is 0.257 e. The van der Waals surface area contributed by atoms with Crippen molar-refractivity contribution in [2.75, 3.05) is 23.9 Å². The summed E-state index contributed by atoms with van der Waals surface area (Å²) in [4.78, 5) is 14.8. The minimum absolute atomic E-state index is 0.260. The Balaban J connectivity index is 1.58. The first-order valence-corrected chi connectivity index (χ1v) is 10.5. The Kier molecular flexibility index (Phi) is 6.91. The molecule has 0 aromatic heterocycles. The number of methoxy groups -OCH3 is 1. The zero-order chi connectivity index (χ0) is 20.1. The second kappa shape index (κ2) is 9.39. The molecule has 7 heteroatoms. The van der Waals surface area contributed by atoms with Crippen LogP contribution >= 0.6 is 28.1 Å². The minimum Gasteiger partial charge on any atom is -0.496 e. The fourth-order valence-electron chi connectivity index (χ4n) is 3.36. The fourth-order valence-corrected chi connectivity index (χ4v) is 4.11. The molecule has 1 atom stereocenters. The van der Waals surface area contributed by atoms with E-state index in [0.717, 1.165) is 12.2 Å². The van der Waals surface area contributed by atoms with Gasteiger partial charge in [0.2, 0.25) is 0 Å². The van der Waals surface area contributed by atoms with Crippen LogP contribution in [0.5, 0.6) is 5.75 Å². The zero-order valence-corrected chi connectivity index (χ0v) is 18.4. The summed E-state index contributed by atoms with van der Waals surface area (Å²) >= 11 is 8.66. The lowest BCUT2D eigenvalue weighted by Gasteiger charge is -2.35. The molecule has 2 N–H and O–H groups in total. The number of hydrogen-bond acceptors (Lipinski definition) is 4. The minimum atomic E-state index is -0.278. The van der Waals surface area contributed by atoms with E-state index < -0.39 is 0 Å². The van der Waals surface area contributed by atoms with E-state index in [0.29, 0.717) is 21.8 Å². The Morgan fingerprint density at radius 2 is 1.96 bits per heavy atom. The van der Waals surface area contributed by atoms with Gasteiger partial charge in [0.05, 0.1) is 11.6 Å². The van der Waals surface area contributed by atoms with Crippen molar-refractivity contribution in [3.05, 3.63) is 52.5 Å². The molecule has 28 heavy (non-hydrogen) atoms. The molecule has 5 nitrogen and oxygen atoms in total. The zero-order valence-electron chi connectivity index (χ0n) is 16.0. The molecule has 148 valence electrons. The number of rotatable bonds is 4. The number of anilines is 2. The van der Waals surface area contributed by atoms with Crippen LogP contribution < -0.4 is 20.3 Å². The number of piperidine rings is 1. The van der Waals surface area contributed by atoms with Gasteiger partial charge in [-0.25, -0.2) is 0 Å². The van der Waals surface area contributed by atoms with Crippen molar-refractivity contribution in [2.45, 2.75) is 32.2 Å². The third kappa shape index (κ3) is 5.02. The summed E-state index contributed by atoms with van der Waals surface area (Å²) in [5.41, 5.74) is 2.55. The molecule has 1 aliphatic rings. The second-order valence-corrected chi connectivity index (χ2v) is 8.11. The van der Waals surface area contributed by atoms with E-state index >= 15 is 0 Å². The van der Waals surface area contributed by atoms with Gasteiger partial charge in [0.25, 0.3) is 5.91 Å². The average Bonchev–Trinajstić information content (AvgIpc) is 2.69. The molecule has 0 spiro atoms. The Bertz CT molecular complexity index is 857. The van der Waals surface area contributed by atoms with Crippen molar-refractivity contribution < 1.29 is 9.53 Å². The standard InChI is InChI=1S/C21H24BrN3O2S/c1-14-5-3-4-12-25(14)17-9-7-16(8-10-17)23-21(28)24-20(26)15-6-11-19(27-2)18(22)13-15/h6-11,13-14H,3-5,12H2,1-2H3,(H2,23,24,26,28). The van der Waals surface area contributed by atoms with Crippen molar-refractivity contribution in [1.82, 2.24) is 5.32 Å². The maximum absolute atomic E-state index is 12.4. The number of carbonyl (C=O) groups is 1. The first kappa shape index (κ1) is 20.6. The Morgan fingerprint density at radius 3 is 2.61 bits per heavy atom. The van der Waals surface area contributed by atoms with Crippen LogP contribution in [-0.4, -0.2) is 30.7 Å². The predicted octanol–water partition coefficient (Wildman–Crippen LogP) is 4.96. The number of nitrogens with one attached hydrogen (secondary N) is 2. The lowest BCUT2D eigenvalue weighted by molar-refractivity contribution is 0.0977. The number of ether oxygens (including phenoxy) is 1. The molecular formula is C21H24BrN3O2S. The Hall–Kier alpha value is -2.12. The van der Waals surface area contributed by atoms with Gasteiger partial charge in [0, 0.05) is 29.5 Å². The summed E-state index contributed by atoms with van der Waals surface area (Å²) in [6.45, 7) is 3.37. The number of carbonyl (C=O) groups excluding carboxylic acids is 1. The SMILES string of the molecule is COc1ccc(C(=O)NC(=S)Nc2ccc(N3CCCCC3C)cc2)cc1Br. The molecule has 2 aromatic rings. The van der Waals surface area contributed by atoms with Crippen LogP contribution in [0.15, 0.2) is 46.9 Å². The summed E-state index contributed by atoms with van der Waals surface area (Å²) in [5.74, 6) is 0.389. The molecule has 3 rings (SSSR count). The molecule has 1 heterocycles. The van der Waals surface area contributed by atoms with Crippen LogP contribution in [0.3, 0.4) is 0 Å². The van der Waals surface area contributed by atoms with E-state index in [-0.39, 0.29) is 11.0 Å². The average molecular weight is 462 g/mol. The van der Waals surface area contributed by atoms with Gasteiger partial charge in [-0.05, 0) is 96.8 Å². The quantitative estimate of drug-likeness (QED) is 0.629. The summed E-state index contributed by atoms with van der Waals surface area (Å²) in [5, 5.41) is 6.03. The summed E-state index contributed by atoms with van der Waals surface area (Å²) in [7, 11) is 1.58. The van der Waals surface area contributed by atoms with Crippen molar-refractivity contribution in [1.29, 1.82) is 0 Å². The number of benzene rings is 2. The number of amides is 1. The molecule has 1 fully saturated rings. The molecule has 0 saturated carbocycles. The van der Waals surface area contributed by atoms with Gasteiger partial charge in [0.1, 0.15) is 5.75 Å². The highest BCUT2D eigenvalue weighted by Gasteiger charge is 2.18. The van der Waals surface area contributed by atoms with E-state index in [9.17, 15) is 4.79 Å². The number of nitrogens with zero attached hydrogens (tertiary/aromatic N) is 1. The van der Waals surface area contributed by atoms with Crippen LogP contribution in [0, 0.1) is 0 Å². The van der Waals surface area contributed by atoms with Gasteiger partial charge < -0.3 is 15.0 Å².